The van der Waals surface area contributed by atoms with Crippen molar-refractivity contribution in [3.05, 3.63) is 102 Å². The number of nitrogens with zero attached hydrogens (tertiary/aromatic N) is 3. The van der Waals surface area contributed by atoms with Crippen LogP contribution in [0.4, 0.5) is 10.1 Å². The number of pyridine rings is 1. The van der Waals surface area contributed by atoms with Crippen molar-refractivity contribution in [1.82, 2.24) is 14.9 Å². The molecule has 0 aliphatic carbocycles. The van der Waals surface area contributed by atoms with Crippen molar-refractivity contribution in [2.45, 2.75) is 12.1 Å². The Labute approximate surface area is 202 Å². The standard InChI is InChI=1S/C26H23FN4O2S/c1-32-17-12-13-23(33-2)22(16-17)31-25(24(29-26(31)34)19-9-5-6-14-28-19)21-11-7-15-30(21)20-10-4-3-8-18(20)27/h3-16,24-25H,1-2H3,(H,29,34)/t24-,25-/m1/s1. The Morgan fingerprint density at radius 1 is 0.941 bits per heavy atom. The third-order valence-electron chi connectivity index (χ3n) is 5.94. The lowest BCUT2D eigenvalue weighted by atomic mass is 10.0. The van der Waals surface area contributed by atoms with Crippen LogP contribution in [0.3, 0.4) is 0 Å². The predicted molar refractivity (Wildman–Crippen MR) is 133 cm³/mol. The van der Waals surface area contributed by atoms with E-state index in [4.69, 9.17) is 21.7 Å². The van der Waals surface area contributed by atoms with Crippen LogP contribution in [0.25, 0.3) is 5.69 Å². The Kier molecular flexibility index (Phi) is 5.90. The van der Waals surface area contributed by atoms with Crippen molar-refractivity contribution in [3.8, 4) is 17.2 Å². The van der Waals surface area contributed by atoms with E-state index >= 15 is 0 Å². The van der Waals surface area contributed by atoms with Gasteiger partial charge in [-0.1, -0.05) is 18.2 Å². The third-order valence-corrected chi connectivity index (χ3v) is 6.25. The lowest BCUT2D eigenvalue weighted by molar-refractivity contribution is 0.402. The zero-order chi connectivity index (χ0) is 23.7. The number of halogens is 1. The topological polar surface area (TPSA) is 51.6 Å². The summed E-state index contributed by atoms with van der Waals surface area (Å²) < 4.78 is 27.8. The number of para-hydroxylation sites is 1. The van der Waals surface area contributed by atoms with Crippen LogP contribution in [-0.4, -0.2) is 28.9 Å². The van der Waals surface area contributed by atoms with Gasteiger partial charge in [0, 0.05) is 24.2 Å². The minimum absolute atomic E-state index is 0.287. The van der Waals surface area contributed by atoms with Crippen molar-refractivity contribution in [1.29, 1.82) is 0 Å². The first-order valence-electron chi connectivity index (χ1n) is 10.8. The third kappa shape index (κ3) is 3.76. The van der Waals surface area contributed by atoms with E-state index in [0.717, 1.165) is 17.1 Å². The van der Waals surface area contributed by atoms with Gasteiger partial charge in [-0.15, -0.1) is 0 Å². The Morgan fingerprint density at radius 2 is 1.76 bits per heavy atom. The molecule has 4 aromatic rings. The summed E-state index contributed by atoms with van der Waals surface area (Å²) in [5.41, 5.74) is 2.86. The molecular formula is C26H23FN4O2S. The molecule has 2 aromatic carbocycles. The van der Waals surface area contributed by atoms with Gasteiger partial charge < -0.3 is 24.3 Å². The first kappa shape index (κ1) is 21.9. The van der Waals surface area contributed by atoms with Crippen molar-refractivity contribution in [3.63, 3.8) is 0 Å². The summed E-state index contributed by atoms with van der Waals surface area (Å²) in [5.74, 6) is 0.997. The highest BCUT2D eigenvalue weighted by Crippen LogP contribution is 2.46. The molecule has 0 spiro atoms. The number of thiocarbonyl (C=S) groups is 1. The van der Waals surface area contributed by atoms with Crippen LogP contribution in [-0.2, 0) is 0 Å². The van der Waals surface area contributed by atoms with Crippen molar-refractivity contribution >= 4 is 23.0 Å². The van der Waals surface area contributed by atoms with Gasteiger partial charge in [-0.2, -0.15) is 0 Å². The lowest BCUT2D eigenvalue weighted by Gasteiger charge is -2.30. The molecule has 0 radical (unpaired) electrons. The van der Waals surface area contributed by atoms with Crippen LogP contribution in [0.5, 0.6) is 11.5 Å². The summed E-state index contributed by atoms with van der Waals surface area (Å²) in [6.07, 6.45) is 3.60. The van der Waals surface area contributed by atoms with E-state index in [-0.39, 0.29) is 17.9 Å². The van der Waals surface area contributed by atoms with Crippen LogP contribution < -0.4 is 19.7 Å². The van der Waals surface area contributed by atoms with Gasteiger partial charge in [-0.3, -0.25) is 4.98 Å². The molecule has 1 fully saturated rings. The molecule has 1 aliphatic heterocycles. The molecule has 5 rings (SSSR count). The van der Waals surface area contributed by atoms with Crippen LogP contribution in [0, 0.1) is 5.82 Å². The summed E-state index contributed by atoms with van der Waals surface area (Å²) in [6.45, 7) is 0. The van der Waals surface area contributed by atoms with Crippen molar-refractivity contribution < 1.29 is 13.9 Å². The fourth-order valence-corrected chi connectivity index (χ4v) is 4.74. The molecule has 34 heavy (non-hydrogen) atoms. The van der Waals surface area contributed by atoms with Crippen LogP contribution in [0.15, 0.2) is 85.2 Å². The number of ether oxygens (including phenoxy) is 2. The summed E-state index contributed by atoms with van der Waals surface area (Å²) in [6, 6.07) is 21.3. The molecule has 0 saturated carbocycles. The highest BCUT2D eigenvalue weighted by molar-refractivity contribution is 7.80. The van der Waals surface area contributed by atoms with Gasteiger partial charge in [-0.25, -0.2) is 4.39 Å². The highest BCUT2D eigenvalue weighted by Gasteiger charge is 2.43. The number of benzene rings is 2. The minimum atomic E-state index is -0.349. The molecule has 3 heterocycles. The second-order valence-electron chi connectivity index (χ2n) is 7.79. The number of hydrogen-bond donors (Lipinski definition) is 1. The minimum Gasteiger partial charge on any atom is -0.497 e. The molecule has 1 saturated heterocycles. The summed E-state index contributed by atoms with van der Waals surface area (Å²) in [4.78, 5) is 6.58. The summed E-state index contributed by atoms with van der Waals surface area (Å²) in [5, 5.41) is 3.94. The summed E-state index contributed by atoms with van der Waals surface area (Å²) in [7, 11) is 3.23. The van der Waals surface area contributed by atoms with Gasteiger partial charge in [0.05, 0.1) is 37.3 Å². The Bertz CT molecular complexity index is 1330. The fraction of sp³-hybridized carbons (Fsp3) is 0.154. The Hall–Kier alpha value is -3.91. The van der Waals surface area contributed by atoms with E-state index in [1.807, 2.05) is 70.3 Å². The number of aromatic nitrogens is 2. The van der Waals surface area contributed by atoms with Gasteiger partial charge in [0.15, 0.2) is 5.11 Å². The fourth-order valence-electron chi connectivity index (χ4n) is 4.40. The maximum absolute atomic E-state index is 14.8. The van der Waals surface area contributed by atoms with E-state index in [1.165, 1.54) is 6.07 Å². The molecule has 0 bridgehead atoms. The van der Waals surface area contributed by atoms with Crippen molar-refractivity contribution in [2.75, 3.05) is 19.1 Å². The molecule has 172 valence electrons. The zero-order valence-corrected chi connectivity index (χ0v) is 19.5. The van der Waals surface area contributed by atoms with E-state index in [9.17, 15) is 4.39 Å². The molecular weight excluding hydrogens is 451 g/mol. The van der Waals surface area contributed by atoms with E-state index in [1.54, 1.807) is 32.5 Å². The zero-order valence-electron chi connectivity index (χ0n) is 18.7. The maximum atomic E-state index is 14.8. The van der Waals surface area contributed by atoms with Crippen LogP contribution in [0.2, 0.25) is 0 Å². The quantitative estimate of drug-likeness (QED) is 0.388. The van der Waals surface area contributed by atoms with Crippen LogP contribution in [0.1, 0.15) is 23.5 Å². The molecule has 6 nitrogen and oxygen atoms in total. The predicted octanol–water partition coefficient (Wildman–Crippen LogP) is 5.21. The molecule has 1 N–H and O–H groups in total. The second kappa shape index (κ2) is 9.15. The average Bonchev–Trinajstić information content (AvgIpc) is 3.48. The Balaban J connectivity index is 1.72. The largest absolute Gasteiger partial charge is 0.497 e. The van der Waals surface area contributed by atoms with Gasteiger partial charge >= 0.3 is 0 Å². The molecule has 0 amide bonds. The molecule has 2 aromatic heterocycles. The number of methoxy groups -OCH3 is 2. The number of nitrogens with one attached hydrogen (secondary N) is 1. The van der Waals surface area contributed by atoms with Gasteiger partial charge in [0.25, 0.3) is 0 Å². The van der Waals surface area contributed by atoms with Gasteiger partial charge in [0.1, 0.15) is 23.4 Å². The van der Waals surface area contributed by atoms with Gasteiger partial charge in [0.2, 0.25) is 0 Å². The molecule has 0 unspecified atom stereocenters. The number of anilines is 1. The van der Waals surface area contributed by atoms with E-state index in [0.29, 0.717) is 22.3 Å². The lowest BCUT2D eigenvalue weighted by Crippen LogP contribution is -2.30. The average molecular weight is 475 g/mol. The molecule has 2 atom stereocenters. The monoisotopic (exact) mass is 474 g/mol. The highest BCUT2D eigenvalue weighted by atomic mass is 32.1. The second-order valence-corrected chi connectivity index (χ2v) is 8.18. The maximum Gasteiger partial charge on any atom is 0.174 e. The normalized spacial score (nSPS) is 17.5. The smallest absolute Gasteiger partial charge is 0.174 e. The first-order chi connectivity index (χ1) is 16.6. The van der Waals surface area contributed by atoms with Gasteiger partial charge in [-0.05, 0) is 60.7 Å². The van der Waals surface area contributed by atoms with E-state index in [2.05, 4.69) is 10.3 Å². The van der Waals surface area contributed by atoms with E-state index < -0.39 is 0 Å². The molecule has 8 heteroatoms. The first-order valence-corrected chi connectivity index (χ1v) is 11.2. The molecule has 1 aliphatic rings. The van der Waals surface area contributed by atoms with Crippen molar-refractivity contribution in [2.24, 2.45) is 0 Å². The SMILES string of the molecule is COc1ccc(OC)c(N2C(=S)N[C@H](c3ccccn3)[C@H]2c2cccn2-c2ccccc2F)c1. The summed E-state index contributed by atoms with van der Waals surface area (Å²) >= 11 is 5.83. The number of hydrogen-bond acceptors (Lipinski definition) is 4. The Morgan fingerprint density at radius 3 is 2.50 bits per heavy atom. The van der Waals surface area contributed by atoms with Crippen LogP contribution >= 0.6 is 12.2 Å². The number of rotatable bonds is 6.